The minimum absolute atomic E-state index is 0.00152. The third-order valence-electron chi connectivity index (χ3n) is 7.89. The zero-order valence-corrected chi connectivity index (χ0v) is 25.6. The number of para-hydroxylation sites is 1. The van der Waals surface area contributed by atoms with E-state index in [9.17, 15) is 27.6 Å². The first-order valence-electron chi connectivity index (χ1n) is 14.5. The Morgan fingerprint density at radius 2 is 1.55 bits per heavy atom. The summed E-state index contributed by atoms with van der Waals surface area (Å²) in [4.78, 5) is 56.6. The standard InChI is InChI=1S/C33H35N3O7S/c1-21(2)19-26(34-31(38)22-13-15-24(16-14-22)43-23-9-5-4-6-10-23)33(40)35-18-17-27-30(35)28(37)20-36(27)32(39)25-11-7-8-12-29(25)44(3,41)42/h4-16,21,26-27,30H,17-20H2,1-3H3,(H,34,38)/t26?,27-,30+/m1/s1. The molecule has 0 saturated carbocycles. The van der Waals surface area contributed by atoms with E-state index >= 15 is 0 Å². The molecular weight excluding hydrogens is 582 g/mol. The number of carbonyl (C=O) groups is 4. The number of amides is 3. The lowest BCUT2D eigenvalue weighted by molar-refractivity contribution is -0.138. The lowest BCUT2D eigenvalue weighted by atomic mass is 10.0. The first-order valence-corrected chi connectivity index (χ1v) is 16.4. The fourth-order valence-electron chi connectivity index (χ4n) is 5.89. The van der Waals surface area contributed by atoms with Gasteiger partial charge in [0.25, 0.3) is 11.8 Å². The van der Waals surface area contributed by atoms with Crippen LogP contribution in [0.5, 0.6) is 11.5 Å². The van der Waals surface area contributed by atoms with Gasteiger partial charge >= 0.3 is 0 Å². The highest BCUT2D eigenvalue weighted by Gasteiger charge is 2.52. The second kappa shape index (κ2) is 12.6. The maximum atomic E-state index is 13.9. The van der Waals surface area contributed by atoms with E-state index in [2.05, 4.69) is 5.32 Å². The van der Waals surface area contributed by atoms with Crippen LogP contribution in [0.4, 0.5) is 0 Å². The molecule has 0 bridgehead atoms. The Hall–Kier alpha value is -4.51. The van der Waals surface area contributed by atoms with E-state index in [1.807, 2.05) is 44.2 Å². The molecule has 2 fully saturated rings. The molecular formula is C33H35N3O7S. The molecule has 0 aromatic heterocycles. The van der Waals surface area contributed by atoms with Crippen molar-refractivity contribution >= 4 is 33.3 Å². The number of ketones is 1. The van der Waals surface area contributed by atoms with Crippen molar-refractivity contribution in [3.05, 3.63) is 90.0 Å². The topological polar surface area (TPSA) is 130 Å². The highest BCUT2D eigenvalue weighted by atomic mass is 32.2. The van der Waals surface area contributed by atoms with Gasteiger partial charge < -0.3 is 19.9 Å². The quantitative estimate of drug-likeness (QED) is 0.387. The smallest absolute Gasteiger partial charge is 0.255 e. The fourth-order valence-corrected chi connectivity index (χ4v) is 6.77. The Morgan fingerprint density at radius 3 is 2.20 bits per heavy atom. The number of fused-ring (bicyclic) bond motifs is 1. The van der Waals surface area contributed by atoms with Gasteiger partial charge in [-0.1, -0.05) is 44.2 Å². The van der Waals surface area contributed by atoms with Crippen LogP contribution in [0.15, 0.2) is 83.8 Å². The molecule has 3 atom stereocenters. The van der Waals surface area contributed by atoms with Crippen LogP contribution < -0.4 is 10.1 Å². The number of hydrogen-bond donors (Lipinski definition) is 1. The monoisotopic (exact) mass is 617 g/mol. The number of Topliss-reactive ketones (excluding diaryl/α,β-unsaturated/α-hetero) is 1. The number of rotatable bonds is 9. The Bertz CT molecular complexity index is 1670. The van der Waals surface area contributed by atoms with E-state index in [4.69, 9.17) is 4.74 Å². The van der Waals surface area contributed by atoms with Crippen LogP contribution in [-0.2, 0) is 19.4 Å². The summed E-state index contributed by atoms with van der Waals surface area (Å²) in [6.07, 6.45) is 1.75. The maximum Gasteiger partial charge on any atom is 0.255 e. The van der Waals surface area contributed by atoms with Gasteiger partial charge in [-0.2, -0.15) is 0 Å². The Morgan fingerprint density at radius 1 is 0.909 bits per heavy atom. The Balaban J connectivity index is 1.30. The molecule has 2 aliphatic rings. The predicted molar refractivity (Wildman–Crippen MR) is 163 cm³/mol. The van der Waals surface area contributed by atoms with E-state index in [-0.39, 0.29) is 41.2 Å². The second-order valence-electron chi connectivity index (χ2n) is 11.6. The fraction of sp³-hybridized carbons (Fsp3) is 0.333. The second-order valence-corrected chi connectivity index (χ2v) is 13.6. The average Bonchev–Trinajstić information content (AvgIpc) is 3.57. The van der Waals surface area contributed by atoms with Gasteiger partial charge in [0.1, 0.15) is 23.6 Å². The third-order valence-corrected chi connectivity index (χ3v) is 9.04. The van der Waals surface area contributed by atoms with Gasteiger partial charge in [-0.15, -0.1) is 0 Å². The molecule has 230 valence electrons. The molecule has 10 nitrogen and oxygen atoms in total. The Labute approximate surface area is 256 Å². The molecule has 0 radical (unpaired) electrons. The van der Waals surface area contributed by atoms with Crippen LogP contribution in [-0.4, -0.2) is 79.2 Å². The zero-order valence-electron chi connectivity index (χ0n) is 24.8. The number of ether oxygens (including phenoxy) is 1. The summed E-state index contributed by atoms with van der Waals surface area (Å²) in [5.74, 6) is -0.390. The van der Waals surface area contributed by atoms with Crippen LogP contribution in [0.3, 0.4) is 0 Å². The van der Waals surface area contributed by atoms with Gasteiger partial charge in [-0.3, -0.25) is 19.2 Å². The molecule has 5 rings (SSSR count). The van der Waals surface area contributed by atoms with Crippen molar-refractivity contribution in [2.45, 2.75) is 49.7 Å². The largest absolute Gasteiger partial charge is 0.457 e. The van der Waals surface area contributed by atoms with Crippen LogP contribution in [0, 0.1) is 5.92 Å². The number of hydrogen-bond acceptors (Lipinski definition) is 7. The van der Waals surface area contributed by atoms with Gasteiger partial charge in [0.05, 0.1) is 23.0 Å². The number of benzene rings is 3. The van der Waals surface area contributed by atoms with Crippen LogP contribution >= 0.6 is 0 Å². The van der Waals surface area contributed by atoms with Crippen molar-refractivity contribution in [3.63, 3.8) is 0 Å². The van der Waals surface area contributed by atoms with Gasteiger partial charge in [0, 0.05) is 18.4 Å². The van der Waals surface area contributed by atoms with E-state index in [1.165, 1.54) is 28.0 Å². The molecule has 3 amide bonds. The minimum atomic E-state index is -3.69. The van der Waals surface area contributed by atoms with E-state index in [0.717, 1.165) is 6.26 Å². The number of nitrogens with zero attached hydrogens (tertiary/aromatic N) is 2. The van der Waals surface area contributed by atoms with Crippen LogP contribution in [0.2, 0.25) is 0 Å². The van der Waals surface area contributed by atoms with Crippen molar-refractivity contribution < 1.29 is 32.3 Å². The van der Waals surface area contributed by atoms with Gasteiger partial charge in [0.15, 0.2) is 15.6 Å². The molecule has 0 spiro atoms. The summed E-state index contributed by atoms with van der Waals surface area (Å²) >= 11 is 0. The normalized spacial score (nSPS) is 18.7. The summed E-state index contributed by atoms with van der Waals surface area (Å²) < 4.78 is 30.4. The SMILES string of the molecule is CC(C)CC(NC(=O)c1ccc(Oc2ccccc2)cc1)C(=O)N1CC[C@@H]2[C@H]1C(=O)CN2C(=O)c1ccccc1S(C)(=O)=O. The summed E-state index contributed by atoms with van der Waals surface area (Å²) in [7, 11) is -3.69. The molecule has 3 aromatic carbocycles. The number of carbonyl (C=O) groups excluding carboxylic acids is 4. The van der Waals surface area contributed by atoms with Gasteiger partial charge in [-0.25, -0.2) is 8.42 Å². The van der Waals surface area contributed by atoms with E-state index < -0.39 is 39.8 Å². The van der Waals surface area contributed by atoms with Crippen molar-refractivity contribution in [1.29, 1.82) is 0 Å². The van der Waals surface area contributed by atoms with E-state index in [0.29, 0.717) is 29.9 Å². The molecule has 2 aliphatic heterocycles. The minimum Gasteiger partial charge on any atom is -0.457 e. The van der Waals surface area contributed by atoms with Crippen molar-refractivity contribution in [2.24, 2.45) is 5.92 Å². The molecule has 2 saturated heterocycles. The van der Waals surface area contributed by atoms with Gasteiger partial charge in [0.2, 0.25) is 5.91 Å². The van der Waals surface area contributed by atoms with E-state index in [1.54, 1.807) is 30.3 Å². The highest BCUT2D eigenvalue weighted by Crippen LogP contribution is 2.33. The summed E-state index contributed by atoms with van der Waals surface area (Å²) in [5.41, 5.74) is 0.350. The zero-order chi connectivity index (χ0) is 31.6. The van der Waals surface area contributed by atoms with Crippen molar-refractivity contribution in [3.8, 4) is 11.5 Å². The maximum absolute atomic E-state index is 13.9. The number of nitrogens with one attached hydrogen (secondary N) is 1. The molecule has 0 aliphatic carbocycles. The van der Waals surface area contributed by atoms with Crippen molar-refractivity contribution in [1.82, 2.24) is 15.1 Å². The molecule has 1 unspecified atom stereocenters. The molecule has 1 N–H and O–H groups in total. The summed E-state index contributed by atoms with van der Waals surface area (Å²) in [5, 5.41) is 2.86. The highest BCUT2D eigenvalue weighted by molar-refractivity contribution is 7.90. The number of sulfone groups is 1. The predicted octanol–water partition coefficient (Wildman–Crippen LogP) is 3.72. The lowest BCUT2D eigenvalue weighted by Crippen LogP contribution is -2.53. The summed E-state index contributed by atoms with van der Waals surface area (Å²) in [6, 6.07) is 19.4. The van der Waals surface area contributed by atoms with Crippen LogP contribution in [0.25, 0.3) is 0 Å². The molecule has 3 aromatic rings. The first-order chi connectivity index (χ1) is 20.9. The average molecular weight is 618 g/mol. The molecule has 2 heterocycles. The third kappa shape index (κ3) is 6.52. The molecule has 44 heavy (non-hydrogen) atoms. The Kier molecular flexibility index (Phi) is 8.87. The summed E-state index contributed by atoms with van der Waals surface area (Å²) in [6.45, 7) is 3.88. The van der Waals surface area contributed by atoms with Crippen molar-refractivity contribution in [2.75, 3.05) is 19.3 Å². The first kappa shape index (κ1) is 30.9. The molecule has 11 heteroatoms. The van der Waals surface area contributed by atoms with Crippen LogP contribution in [0.1, 0.15) is 47.4 Å². The lowest BCUT2D eigenvalue weighted by Gasteiger charge is -2.29. The van der Waals surface area contributed by atoms with Gasteiger partial charge in [-0.05, 0) is 67.3 Å². The number of likely N-dealkylation sites (tertiary alicyclic amines) is 2.